The first-order valence-electron chi connectivity index (χ1n) is 8.81. The van der Waals surface area contributed by atoms with E-state index in [1.54, 1.807) is 7.11 Å². The number of nitrogens with two attached hydrogens (primary N) is 1. The number of hydrogen-bond donors (Lipinski definition) is 1. The van der Waals surface area contributed by atoms with Gasteiger partial charge in [-0.05, 0) is 61.9 Å². The van der Waals surface area contributed by atoms with E-state index >= 15 is 0 Å². The second-order valence-corrected chi connectivity index (χ2v) is 7.13. The number of likely N-dealkylation sites (tertiary alicyclic amines) is 1. The molecule has 1 saturated heterocycles. The maximum absolute atomic E-state index is 5.88. The lowest BCUT2D eigenvalue weighted by atomic mass is 9.82. The van der Waals surface area contributed by atoms with Gasteiger partial charge in [0.1, 0.15) is 5.75 Å². The molecule has 0 aromatic heterocycles. The molecule has 22 heavy (non-hydrogen) atoms. The quantitative estimate of drug-likeness (QED) is 0.922. The number of rotatable bonds is 4. The minimum absolute atomic E-state index is 0.516. The van der Waals surface area contributed by atoms with Crippen LogP contribution in [0.5, 0.6) is 5.75 Å². The highest BCUT2D eigenvalue weighted by atomic mass is 16.5. The fraction of sp³-hybridized carbons (Fsp3) is 0.684. The summed E-state index contributed by atoms with van der Waals surface area (Å²) in [6.45, 7) is 1.92. The second kappa shape index (κ2) is 7.01. The second-order valence-electron chi connectivity index (χ2n) is 7.13. The maximum Gasteiger partial charge on any atom is 0.122 e. The van der Waals surface area contributed by atoms with E-state index in [-0.39, 0.29) is 0 Å². The van der Waals surface area contributed by atoms with Gasteiger partial charge in [-0.25, -0.2) is 0 Å². The number of hydrogen-bond acceptors (Lipinski definition) is 3. The van der Waals surface area contributed by atoms with Gasteiger partial charge in [0, 0.05) is 12.6 Å². The molecular formula is C19H30N2O. The summed E-state index contributed by atoms with van der Waals surface area (Å²) in [4.78, 5) is 2.46. The molecule has 1 aromatic rings. The Bertz CT molecular complexity index is 496. The number of benzene rings is 1. The van der Waals surface area contributed by atoms with Crippen LogP contribution in [-0.2, 0) is 0 Å². The van der Waals surface area contributed by atoms with Crippen LogP contribution in [-0.4, -0.2) is 32.1 Å². The lowest BCUT2D eigenvalue weighted by Gasteiger charge is -2.26. The minimum Gasteiger partial charge on any atom is -0.496 e. The first-order valence-corrected chi connectivity index (χ1v) is 8.81. The Morgan fingerprint density at radius 2 is 2.00 bits per heavy atom. The van der Waals surface area contributed by atoms with E-state index in [1.807, 2.05) is 0 Å². The van der Waals surface area contributed by atoms with Crippen LogP contribution in [0.2, 0.25) is 0 Å². The lowest BCUT2D eigenvalue weighted by Crippen LogP contribution is -2.20. The predicted molar refractivity (Wildman–Crippen MR) is 91.4 cm³/mol. The van der Waals surface area contributed by atoms with Gasteiger partial charge in [0.15, 0.2) is 0 Å². The normalized spacial score (nSPS) is 27.2. The Labute approximate surface area is 134 Å². The molecule has 2 N–H and O–H groups in total. The third kappa shape index (κ3) is 3.16. The summed E-state index contributed by atoms with van der Waals surface area (Å²) < 4.78 is 5.65. The molecule has 0 spiro atoms. The first-order chi connectivity index (χ1) is 10.7. The summed E-state index contributed by atoms with van der Waals surface area (Å²) in [7, 11) is 4.03. The van der Waals surface area contributed by atoms with E-state index in [0.717, 1.165) is 18.8 Å². The molecule has 0 bridgehead atoms. The highest BCUT2D eigenvalue weighted by molar-refractivity contribution is 5.41. The van der Waals surface area contributed by atoms with Crippen LogP contribution in [0.15, 0.2) is 18.2 Å². The van der Waals surface area contributed by atoms with E-state index in [2.05, 4.69) is 30.1 Å². The summed E-state index contributed by atoms with van der Waals surface area (Å²) >= 11 is 0. The molecule has 2 fully saturated rings. The van der Waals surface area contributed by atoms with Crippen LogP contribution < -0.4 is 10.5 Å². The van der Waals surface area contributed by atoms with Gasteiger partial charge in [0.2, 0.25) is 0 Å². The summed E-state index contributed by atoms with van der Waals surface area (Å²) in [5.41, 5.74) is 8.76. The Kier molecular flexibility index (Phi) is 5.04. The Morgan fingerprint density at radius 3 is 2.64 bits per heavy atom. The van der Waals surface area contributed by atoms with Gasteiger partial charge in [-0.3, -0.25) is 4.90 Å². The van der Waals surface area contributed by atoms with Gasteiger partial charge >= 0.3 is 0 Å². The molecule has 2 aliphatic rings. The van der Waals surface area contributed by atoms with Crippen molar-refractivity contribution in [3.63, 3.8) is 0 Å². The fourth-order valence-corrected chi connectivity index (χ4v) is 4.36. The van der Waals surface area contributed by atoms with E-state index in [1.165, 1.54) is 49.7 Å². The molecule has 3 nitrogen and oxygen atoms in total. The largest absolute Gasteiger partial charge is 0.496 e. The monoisotopic (exact) mass is 302 g/mol. The molecule has 1 aliphatic heterocycles. The summed E-state index contributed by atoms with van der Waals surface area (Å²) in [6.07, 6.45) is 7.91. The maximum atomic E-state index is 5.88. The molecule has 0 amide bonds. The zero-order chi connectivity index (χ0) is 15.5. The van der Waals surface area contributed by atoms with Crippen molar-refractivity contribution >= 4 is 0 Å². The Morgan fingerprint density at radius 1 is 1.23 bits per heavy atom. The topological polar surface area (TPSA) is 38.5 Å². The van der Waals surface area contributed by atoms with Crippen molar-refractivity contribution in [1.82, 2.24) is 4.90 Å². The molecule has 2 unspecified atom stereocenters. The van der Waals surface area contributed by atoms with Crippen molar-refractivity contribution < 1.29 is 4.74 Å². The van der Waals surface area contributed by atoms with E-state index < -0.39 is 0 Å². The van der Waals surface area contributed by atoms with Gasteiger partial charge in [0.25, 0.3) is 0 Å². The van der Waals surface area contributed by atoms with Crippen LogP contribution in [0, 0.1) is 5.92 Å². The predicted octanol–water partition coefficient (Wildman–Crippen LogP) is 3.69. The van der Waals surface area contributed by atoms with Gasteiger partial charge < -0.3 is 10.5 Å². The SMILES string of the molecule is COc1ccc(C2CC(CN)CN2C)cc1C1CCCCC1. The van der Waals surface area contributed by atoms with Crippen LogP contribution in [0.4, 0.5) is 0 Å². The molecule has 1 saturated carbocycles. The lowest BCUT2D eigenvalue weighted by molar-refractivity contribution is 0.312. The fourth-order valence-electron chi connectivity index (χ4n) is 4.36. The summed E-state index contributed by atoms with van der Waals surface area (Å²) in [5, 5.41) is 0. The standard InChI is InChI=1S/C19H30N2O/c1-21-13-14(12-20)10-18(21)16-8-9-19(22-2)17(11-16)15-6-4-3-5-7-15/h8-9,11,14-15,18H,3-7,10,12-13,20H2,1-2H3. The third-order valence-electron chi connectivity index (χ3n) is 5.65. The van der Waals surface area contributed by atoms with E-state index in [9.17, 15) is 0 Å². The number of nitrogens with zero attached hydrogens (tertiary/aromatic N) is 1. The molecule has 3 heteroatoms. The van der Waals surface area contributed by atoms with Crippen LogP contribution in [0.1, 0.15) is 61.6 Å². The van der Waals surface area contributed by atoms with Gasteiger partial charge in [-0.15, -0.1) is 0 Å². The van der Waals surface area contributed by atoms with Crippen molar-refractivity contribution in [3.05, 3.63) is 29.3 Å². The smallest absolute Gasteiger partial charge is 0.122 e. The van der Waals surface area contributed by atoms with Crippen molar-refractivity contribution in [2.45, 2.75) is 50.5 Å². The van der Waals surface area contributed by atoms with E-state index in [0.29, 0.717) is 17.9 Å². The number of ether oxygens (including phenoxy) is 1. The molecule has 3 rings (SSSR count). The minimum atomic E-state index is 0.516. The summed E-state index contributed by atoms with van der Waals surface area (Å²) in [5.74, 6) is 2.39. The molecule has 0 radical (unpaired) electrons. The van der Waals surface area contributed by atoms with Gasteiger partial charge in [0.05, 0.1) is 7.11 Å². The molecule has 1 heterocycles. The van der Waals surface area contributed by atoms with Crippen molar-refractivity contribution in [1.29, 1.82) is 0 Å². The first kappa shape index (κ1) is 15.8. The Balaban J connectivity index is 1.86. The van der Waals surface area contributed by atoms with Crippen molar-refractivity contribution in [3.8, 4) is 5.75 Å². The molecule has 1 aliphatic carbocycles. The van der Waals surface area contributed by atoms with E-state index in [4.69, 9.17) is 10.5 Å². The van der Waals surface area contributed by atoms with Crippen LogP contribution in [0.3, 0.4) is 0 Å². The molecular weight excluding hydrogens is 272 g/mol. The Hall–Kier alpha value is -1.06. The highest BCUT2D eigenvalue weighted by Gasteiger charge is 2.30. The van der Waals surface area contributed by atoms with Crippen molar-refractivity contribution in [2.75, 3.05) is 27.2 Å². The van der Waals surface area contributed by atoms with Gasteiger partial charge in [-0.2, -0.15) is 0 Å². The van der Waals surface area contributed by atoms with Crippen LogP contribution in [0.25, 0.3) is 0 Å². The van der Waals surface area contributed by atoms with Crippen molar-refractivity contribution in [2.24, 2.45) is 11.7 Å². The summed E-state index contributed by atoms with van der Waals surface area (Å²) in [6, 6.07) is 7.38. The average molecular weight is 302 g/mol. The molecule has 1 aromatic carbocycles. The third-order valence-corrected chi connectivity index (χ3v) is 5.65. The van der Waals surface area contributed by atoms with Gasteiger partial charge in [-0.1, -0.05) is 31.4 Å². The average Bonchev–Trinajstić information content (AvgIpc) is 2.96. The zero-order valence-electron chi connectivity index (χ0n) is 14.1. The van der Waals surface area contributed by atoms with Crippen LogP contribution >= 0.6 is 0 Å². The zero-order valence-corrected chi connectivity index (χ0v) is 14.1. The molecule has 122 valence electrons. The number of methoxy groups -OCH3 is 1. The highest BCUT2D eigenvalue weighted by Crippen LogP contribution is 2.41. The molecule has 2 atom stereocenters.